The first-order valence-electron chi connectivity index (χ1n) is 6.38. The molecule has 0 aromatic heterocycles. The van der Waals surface area contributed by atoms with E-state index in [1.165, 1.54) is 12.1 Å². The summed E-state index contributed by atoms with van der Waals surface area (Å²) in [5.41, 5.74) is 4.00. The van der Waals surface area contributed by atoms with Crippen molar-refractivity contribution in [3.63, 3.8) is 0 Å². The standard InChI is InChI=1S/C15H15N3O3/c1-10-8-15(11(2)7-12(10)9-19)17-16-13-3-5-14(6-4-13)18(20)21/h3-8,19H,9H2,1-2H3/b17-16+. The molecule has 0 aliphatic rings. The molecule has 1 N–H and O–H groups in total. The normalized spacial score (nSPS) is 11.0. The van der Waals surface area contributed by atoms with E-state index in [9.17, 15) is 15.2 Å². The molecule has 0 unspecified atom stereocenters. The molecule has 0 saturated carbocycles. The second kappa shape index (κ2) is 6.23. The highest BCUT2D eigenvalue weighted by Crippen LogP contribution is 2.26. The molecule has 6 heteroatoms. The SMILES string of the molecule is Cc1cc(/N=N/c2ccc([N+](=O)[O-])cc2)c(C)cc1CO. The van der Waals surface area contributed by atoms with Gasteiger partial charge in [0.2, 0.25) is 0 Å². The third-order valence-electron chi connectivity index (χ3n) is 3.16. The Morgan fingerprint density at radius 2 is 1.76 bits per heavy atom. The number of non-ortho nitro benzene ring substituents is 1. The first-order valence-corrected chi connectivity index (χ1v) is 6.38. The Bertz CT molecular complexity index is 694. The van der Waals surface area contributed by atoms with Crippen molar-refractivity contribution in [2.24, 2.45) is 10.2 Å². The predicted molar refractivity (Wildman–Crippen MR) is 79.1 cm³/mol. The number of nitrogens with zero attached hydrogens (tertiary/aromatic N) is 3. The van der Waals surface area contributed by atoms with Crippen LogP contribution in [0.4, 0.5) is 17.1 Å². The average Bonchev–Trinajstić information content (AvgIpc) is 2.48. The van der Waals surface area contributed by atoms with E-state index in [2.05, 4.69) is 10.2 Å². The lowest BCUT2D eigenvalue weighted by molar-refractivity contribution is -0.384. The zero-order valence-corrected chi connectivity index (χ0v) is 11.8. The number of nitro benzene ring substituents is 1. The van der Waals surface area contributed by atoms with Crippen LogP contribution < -0.4 is 0 Å². The van der Waals surface area contributed by atoms with Crippen LogP contribution in [0, 0.1) is 24.0 Å². The molecule has 0 aliphatic heterocycles. The molecule has 6 nitrogen and oxygen atoms in total. The van der Waals surface area contributed by atoms with Gasteiger partial charge in [0.05, 0.1) is 22.9 Å². The number of hydrogen-bond donors (Lipinski definition) is 1. The van der Waals surface area contributed by atoms with Gasteiger partial charge >= 0.3 is 0 Å². The quantitative estimate of drug-likeness (QED) is 0.520. The molecule has 0 atom stereocenters. The lowest BCUT2D eigenvalue weighted by atomic mass is 10.0. The van der Waals surface area contributed by atoms with Gasteiger partial charge in [-0.25, -0.2) is 0 Å². The molecule has 0 heterocycles. The maximum absolute atomic E-state index is 10.6. The van der Waals surface area contributed by atoms with Crippen LogP contribution in [0.1, 0.15) is 16.7 Å². The smallest absolute Gasteiger partial charge is 0.269 e. The minimum absolute atomic E-state index is 0.00749. The molecule has 0 aliphatic carbocycles. The van der Waals surface area contributed by atoms with Crippen molar-refractivity contribution < 1.29 is 10.0 Å². The highest BCUT2D eigenvalue weighted by molar-refractivity contribution is 5.51. The number of azo groups is 1. The summed E-state index contributed by atoms with van der Waals surface area (Å²) >= 11 is 0. The van der Waals surface area contributed by atoms with Crippen molar-refractivity contribution >= 4 is 17.1 Å². The second-order valence-electron chi connectivity index (χ2n) is 4.70. The fraction of sp³-hybridized carbons (Fsp3) is 0.200. The fourth-order valence-electron chi connectivity index (χ4n) is 1.89. The first-order chi connectivity index (χ1) is 10.0. The van der Waals surface area contributed by atoms with E-state index in [0.29, 0.717) is 11.4 Å². The van der Waals surface area contributed by atoms with Crippen LogP contribution in [0.2, 0.25) is 0 Å². The summed E-state index contributed by atoms with van der Waals surface area (Å²) in [6, 6.07) is 9.61. The van der Waals surface area contributed by atoms with Gasteiger partial charge in [-0.1, -0.05) is 6.07 Å². The molecular weight excluding hydrogens is 270 g/mol. The molecule has 0 radical (unpaired) electrons. The Balaban J connectivity index is 2.25. The summed E-state index contributed by atoms with van der Waals surface area (Å²) in [5, 5.41) is 28.0. The minimum atomic E-state index is -0.456. The maximum atomic E-state index is 10.6. The molecule has 0 fully saturated rings. The van der Waals surface area contributed by atoms with Crippen molar-refractivity contribution in [3.8, 4) is 0 Å². The van der Waals surface area contributed by atoms with E-state index in [0.717, 1.165) is 16.7 Å². The van der Waals surface area contributed by atoms with Gasteiger partial charge in [-0.15, -0.1) is 0 Å². The topological polar surface area (TPSA) is 88.1 Å². The van der Waals surface area contributed by atoms with Crippen molar-refractivity contribution in [3.05, 3.63) is 63.2 Å². The Hall–Kier alpha value is -2.60. The molecule has 0 amide bonds. The Morgan fingerprint density at radius 1 is 1.10 bits per heavy atom. The molecule has 0 bridgehead atoms. The largest absolute Gasteiger partial charge is 0.392 e. The summed E-state index contributed by atoms with van der Waals surface area (Å²) < 4.78 is 0. The predicted octanol–water partition coefficient (Wildman–Crippen LogP) is 4.12. The molecule has 21 heavy (non-hydrogen) atoms. The summed E-state index contributed by atoms with van der Waals surface area (Å²) in [6.07, 6.45) is 0. The van der Waals surface area contributed by atoms with Crippen molar-refractivity contribution in [1.29, 1.82) is 0 Å². The van der Waals surface area contributed by atoms with E-state index in [4.69, 9.17) is 0 Å². The molecule has 0 spiro atoms. The van der Waals surface area contributed by atoms with Crippen LogP contribution >= 0.6 is 0 Å². The van der Waals surface area contributed by atoms with Crippen molar-refractivity contribution in [1.82, 2.24) is 0 Å². The summed E-state index contributed by atoms with van der Waals surface area (Å²) in [5.74, 6) is 0. The zero-order valence-electron chi connectivity index (χ0n) is 11.8. The fourth-order valence-corrected chi connectivity index (χ4v) is 1.89. The molecule has 108 valence electrons. The van der Waals surface area contributed by atoms with Crippen LogP contribution in [0.5, 0.6) is 0 Å². The van der Waals surface area contributed by atoms with Gasteiger partial charge in [0, 0.05) is 12.1 Å². The summed E-state index contributed by atoms with van der Waals surface area (Å²) in [4.78, 5) is 10.1. The molecule has 2 rings (SSSR count). The number of benzene rings is 2. The number of aliphatic hydroxyl groups excluding tert-OH is 1. The Kier molecular flexibility index (Phi) is 4.39. The number of aliphatic hydroxyl groups is 1. The lowest BCUT2D eigenvalue weighted by Crippen LogP contribution is -1.89. The summed E-state index contributed by atoms with van der Waals surface area (Å²) in [6.45, 7) is 3.78. The van der Waals surface area contributed by atoms with E-state index >= 15 is 0 Å². The monoisotopic (exact) mass is 285 g/mol. The van der Waals surface area contributed by atoms with Gasteiger partial charge in [-0.05, 0) is 48.7 Å². The molecular formula is C15H15N3O3. The number of nitro groups is 1. The van der Waals surface area contributed by atoms with E-state index in [1.807, 2.05) is 26.0 Å². The Morgan fingerprint density at radius 3 is 2.33 bits per heavy atom. The highest BCUT2D eigenvalue weighted by Gasteiger charge is 2.05. The number of aryl methyl sites for hydroxylation is 2. The third kappa shape index (κ3) is 3.49. The minimum Gasteiger partial charge on any atom is -0.392 e. The van der Waals surface area contributed by atoms with Gasteiger partial charge < -0.3 is 5.11 Å². The van der Waals surface area contributed by atoms with Gasteiger partial charge in [-0.2, -0.15) is 10.2 Å². The van der Waals surface area contributed by atoms with E-state index in [-0.39, 0.29) is 12.3 Å². The van der Waals surface area contributed by atoms with Crippen molar-refractivity contribution in [2.45, 2.75) is 20.5 Å². The van der Waals surface area contributed by atoms with Crippen molar-refractivity contribution in [2.75, 3.05) is 0 Å². The molecule has 2 aromatic carbocycles. The number of rotatable bonds is 4. The molecule has 2 aromatic rings. The van der Waals surface area contributed by atoms with Gasteiger partial charge in [0.1, 0.15) is 0 Å². The second-order valence-corrected chi connectivity index (χ2v) is 4.70. The molecule has 0 saturated heterocycles. The Labute approximate surface area is 121 Å². The van der Waals surface area contributed by atoms with Gasteiger partial charge in [0.15, 0.2) is 0 Å². The van der Waals surface area contributed by atoms with Crippen LogP contribution in [-0.4, -0.2) is 10.0 Å². The number of hydrogen-bond acceptors (Lipinski definition) is 5. The lowest BCUT2D eigenvalue weighted by Gasteiger charge is -2.06. The van der Waals surface area contributed by atoms with Crippen LogP contribution in [0.15, 0.2) is 46.6 Å². The first kappa shape index (κ1) is 14.8. The maximum Gasteiger partial charge on any atom is 0.269 e. The van der Waals surface area contributed by atoms with Gasteiger partial charge in [-0.3, -0.25) is 10.1 Å². The van der Waals surface area contributed by atoms with Crippen LogP contribution in [0.3, 0.4) is 0 Å². The van der Waals surface area contributed by atoms with Crippen LogP contribution in [-0.2, 0) is 6.61 Å². The average molecular weight is 285 g/mol. The zero-order chi connectivity index (χ0) is 15.4. The van der Waals surface area contributed by atoms with E-state index < -0.39 is 4.92 Å². The highest BCUT2D eigenvalue weighted by atomic mass is 16.6. The summed E-state index contributed by atoms with van der Waals surface area (Å²) in [7, 11) is 0. The van der Waals surface area contributed by atoms with E-state index in [1.54, 1.807) is 12.1 Å². The van der Waals surface area contributed by atoms with Crippen LogP contribution in [0.25, 0.3) is 0 Å². The van der Waals surface area contributed by atoms with Gasteiger partial charge in [0.25, 0.3) is 5.69 Å². The third-order valence-corrected chi connectivity index (χ3v) is 3.16.